The Labute approximate surface area is 180 Å². The first kappa shape index (κ1) is 22.9. The number of nitrogens with one attached hydrogen (secondary N) is 1. The fraction of sp³-hybridized carbons (Fsp3) is 0.238. The van der Waals surface area contributed by atoms with Gasteiger partial charge in [0.05, 0.1) is 23.2 Å². The maximum atomic E-state index is 13.6. The number of hydrogen-bond donors (Lipinski definition) is 1. The number of carbonyl (C=O) groups is 3. The SMILES string of the molecule is CC(C)NC(=O)c1ccc(N2C=CCN(C(=O)c3cc(F)ccc3C(F)(F)F)C2=O)nc1. The number of urea groups is 1. The van der Waals surface area contributed by atoms with Gasteiger partial charge in [-0.25, -0.2) is 14.2 Å². The normalized spacial score (nSPS) is 14.2. The minimum absolute atomic E-state index is 0.0418. The first-order chi connectivity index (χ1) is 15.0. The smallest absolute Gasteiger partial charge is 0.350 e. The summed E-state index contributed by atoms with van der Waals surface area (Å²) in [7, 11) is 0. The van der Waals surface area contributed by atoms with Crippen molar-refractivity contribution in [2.24, 2.45) is 0 Å². The second-order valence-corrected chi connectivity index (χ2v) is 7.17. The first-order valence-corrected chi connectivity index (χ1v) is 9.44. The Bertz CT molecular complexity index is 1080. The van der Waals surface area contributed by atoms with Crippen LogP contribution in [-0.2, 0) is 6.18 Å². The second-order valence-electron chi connectivity index (χ2n) is 7.17. The van der Waals surface area contributed by atoms with Gasteiger partial charge in [-0.15, -0.1) is 0 Å². The summed E-state index contributed by atoms with van der Waals surface area (Å²) in [5.74, 6) is -2.68. The second kappa shape index (κ2) is 8.77. The molecule has 1 aromatic carbocycles. The molecule has 168 valence electrons. The summed E-state index contributed by atoms with van der Waals surface area (Å²) in [5, 5.41) is 2.68. The van der Waals surface area contributed by atoms with Crippen molar-refractivity contribution < 1.29 is 31.9 Å². The van der Waals surface area contributed by atoms with Gasteiger partial charge in [0.25, 0.3) is 11.8 Å². The molecule has 1 N–H and O–H groups in total. The summed E-state index contributed by atoms with van der Waals surface area (Å²) in [4.78, 5) is 43.1. The van der Waals surface area contributed by atoms with Gasteiger partial charge in [-0.1, -0.05) is 0 Å². The van der Waals surface area contributed by atoms with Crippen LogP contribution in [0.3, 0.4) is 0 Å². The molecule has 0 saturated heterocycles. The predicted molar refractivity (Wildman–Crippen MR) is 106 cm³/mol. The maximum absolute atomic E-state index is 13.6. The van der Waals surface area contributed by atoms with Crippen LogP contribution in [0.1, 0.15) is 40.1 Å². The standard InChI is InChI=1S/C21H18F4N4O3/c1-12(2)27-18(30)13-4-7-17(26-11-13)28-8-3-9-29(20(28)32)19(31)15-10-14(22)5-6-16(15)21(23,24)25/h3-8,10-12H,9H2,1-2H3,(H,27,30). The van der Waals surface area contributed by atoms with Gasteiger partial charge in [0.2, 0.25) is 0 Å². The first-order valence-electron chi connectivity index (χ1n) is 9.44. The summed E-state index contributed by atoms with van der Waals surface area (Å²) in [6.07, 6.45) is -1.02. The molecule has 2 aromatic rings. The Morgan fingerprint density at radius 3 is 2.47 bits per heavy atom. The zero-order chi connectivity index (χ0) is 23.6. The van der Waals surface area contributed by atoms with Crippen LogP contribution in [0, 0.1) is 5.82 Å². The Morgan fingerprint density at radius 2 is 1.88 bits per heavy atom. The fourth-order valence-electron chi connectivity index (χ4n) is 2.97. The molecule has 0 radical (unpaired) electrons. The number of amides is 4. The summed E-state index contributed by atoms with van der Waals surface area (Å²) in [6.45, 7) is 3.26. The highest BCUT2D eigenvalue weighted by Gasteiger charge is 2.38. The van der Waals surface area contributed by atoms with E-state index in [9.17, 15) is 31.9 Å². The number of rotatable bonds is 4. The molecule has 2 heterocycles. The van der Waals surface area contributed by atoms with Crippen LogP contribution >= 0.6 is 0 Å². The van der Waals surface area contributed by atoms with Crippen molar-refractivity contribution in [3.05, 3.63) is 71.3 Å². The number of pyridine rings is 1. The highest BCUT2D eigenvalue weighted by molar-refractivity contribution is 6.10. The highest BCUT2D eigenvalue weighted by atomic mass is 19.4. The summed E-state index contributed by atoms with van der Waals surface area (Å²) in [6, 6.07) is 3.18. The predicted octanol–water partition coefficient (Wildman–Crippen LogP) is 3.97. The van der Waals surface area contributed by atoms with Crippen molar-refractivity contribution in [3.63, 3.8) is 0 Å². The van der Waals surface area contributed by atoms with Crippen LogP contribution in [0.15, 0.2) is 48.8 Å². The van der Waals surface area contributed by atoms with Gasteiger partial charge >= 0.3 is 12.2 Å². The van der Waals surface area contributed by atoms with Crippen LogP contribution in [-0.4, -0.2) is 40.3 Å². The average molecular weight is 450 g/mol. The van der Waals surface area contributed by atoms with E-state index in [1.54, 1.807) is 13.8 Å². The van der Waals surface area contributed by atoms with Gasteiger partial charge in [-0.05, 0) is 50.3 Å². The molecule has 11 heteroatoms. The maximum Gasteiger partial charge on any atom is 0.417 e. The molecule has 0 aliphatic carbocycles. The Kier molecular flexibility index (Phi) is 6.28. The molecule has 1 aliphatic rings. The Hall–Kier alpha value is -3.76. The summed E-state index contributed by atoms with van der Waals surface area (Å²) < 4.78 is 53.4. The average Bonchev–Trinajstić information content (AvgIpc) is 2.72. The molecule has 4 amide bonds. The topological polar surface area (TPSA) is 82.6 Å². The van der Waals surface area contributed by atoms with E-state index in [0.717, 1.165) is 4.90 Å². The van der Waals surface area contributed by atoms with E-state index in [1.807, 2.05) is 0 Å². The number of halogens is 4. The van der Waals surface area contributed by atoms with Gasteiger partial charge in [0.15, 0.2) is 0 Å². The number of anilines is 1. The lowest BCUT2D eigenvalue weighted by Crippen LogP contribution is -2.47. The van der Waals surface area contributed by atoms with Crippen molar-refractivity contribution in [2.45, 2.75) is 26.1 Å². The van der Waals surface area contributed by atoms with Crippen LogP contribution < -0.4 is 10.2 Å². The van der Waals surface area contributed by atoms with E-state index in [0.29, 0.717) is 23.1 Å². The Morgan fingerprint density at radius 1 is 1.16 bits per heavy atom. The van der Waals surface area contributed by atoms with Crippen LogP contribution in [0.4, 0.5) is 28.2 Å². The van der Waals surface area contributed by atoms with Crippen LogP contribution in [0.25, 0.3) is 0 Å². The number of carbonyl (C=O) groups excluding carboxylic acids is 3. The zero-order valence-corrected chi connectivity index (χ0v) is 17.0. The van der Waals surface area contributed by atoms with Gasteiger partial charge in [-0.3, -0.25) is 19.4 Å². The molecule has 0 spiro atoms. The fourth-order valence-corrected chi connectivity index (χ4v) is 2.97. The third-order valence-corrected chi connectivity index (χ3v) is 4.42. The third-order valence-electron chi connectivity index (χ3n) is 4.42. The summed E-state index contributed by atoms with van der Waals surface area (Å²) >= 11 is 0. The number of aromatic nitrogens is 1. The van der Waals surface area contributed by atoms with E-state index in [2.05, 4.69) is 10.3 Å². The van der Waals surface area contributed by atoms with Crippen molar-refractivity contribution in [1.82, 2.24) is 15.2 Å². The molecule has 0 bridgehead atoms. The van der Waals surface area contributed by atoms with E-state index in [4.69, 9.17) is 0 Å². The largest absolute Gasteiger partial charge is 0.417 e. The van der Waals surface area contributed by atoms with Crippen molar-refractivity contribution in [1.29, 1.82) is 0 Å². The number of hydrogen-bond acceptors (Lipinski definition) is 4. The number of alkyl halides is 3. The minimum atomic E-state index is -4.92. The molecule has 0 atom stereocenters. The van der Waals surface area contributed by atoms with E-state index in [1.165, 1.54) is 30.6 Å². The Balaban J connectivity index is 1.87. The molecule has 0 unspecified atom stereocenters. The van der Waals surface area contributed by atoms with Gasteiger partial charge in [0.1, 0.15) is 11.6 Å². The molecule has 1 aromatic heterocycles. The van der Waals surface area contributed by atoms with E-state index in [-0.39, 0.29) is 29.9 Å². The van der Waals surface area contributed by atoms with Crippen molar-refractivity contribution in [2.75, 3.05) is 11.4 Å². The molecule has 32 heavy (non-hydrogen) atoms. The molecule has 0 fully saturated rings. The lowest BCUT2D eigenvalue weighted by Gasteiger charge is -2.30. The number of imide groups is 1. The van der Waals surface area contributed by atoms with Crippen LogP contribution in [0.2, 0.25) is 0 Å². The lowest BCUT2D eigenvalue weighted by molar-refractivity contribution is -0.138. The van der Waals surface area contributed by atoms with Crippen LogP contribution in [0.5, 0.6) is 0 Å². The minimum Gasteiger partial charge on any atom is -0.350 e. The number of benzene rings is 1. The monoisotopic (exact) mass is 450 g/mol. The molecular formula is C21H18F4N4O3. The van der Waals surface area contributed by atoms with E-state index >= 15 is 0 Å². The van der Waals surface area contributed by atoms with Gasteiger partial charge in [0, 0.05) is 18.4 Å². The molecule has 7 nitrogen and oxygen atoms in total. The van der Waals surface area contributed by atoms with Crippen molar-refractivity contribution in [3.8, 4) is 0 Å². The third kappa shape index (κ3) is 4.76. The lowest BCUT2D eigenvalue weighted by atomic mass is 10.1. The zero-order valence-electron chi connectivity index (χ0n) is 17.0. The summed E-state index contributed by atoms with van der Waals surface area (Å²) in [5.41, 5.74) is -2.09. The van der Waals surface area contributed by atoms with E-state index < -0.39 is 35.1 Å². The quantitative estimate of drug-likeness (QED) is 0.715. The molecule has 3 rings (SSSR count). The number of nitrogens with zero attached hydrogens (tertiary/aromatic N) is 3. The van der Waals surface area contributed by atoms with Gasteiger partial charge < -0.3 is 5.32 Å². The van der Waals surface area contributed by atoms with Crippen molar-refractivity contribution >= 4 is 23.7 Å². The molecule has 1 aliphatic heterocycles. The molecular weight excluding hydrogens is 432 g/mol. The molecule has 0 saturated carbocycles. The van der Waals surface area contributed by atoms with Gasteiger partial charge in [-0.2, -0.15) is 13.2 Å². The highest BCUT2D eigenvalue weighted by Crippen LogP contribution is 2.33.